The maximum atomic E-state index is 12.0. The molecule has 7 nitrogen and oxygen atoms in total. The van der Waals surface area contributed by atoms with Crippen molar-refractivity contribution in [2.24, 2.45) is 0 Å². The molecule has 2 aromatic rings. The van der Waals surface area contributed by atoms with Crippen LogP contribution in [0.15, 0.2) is 42.5 Å². The van der Waals surface area contributed by atoms with E-state index >= 15 is 0 Å². The van der Waals surface area contributed by atoms with Gasteiger partial charge in [0.25, 0.3) is 5.91 Å². The van der Waals surface area contributed by atoms with Crippen LogP contribution < -0.4 is 10.6 Å². The first-order valence-electron chi connectivity index (χ1n) is 7.30. The number of aliphatic hydroxyl groups is 1. The summed E-state index contributed by atoms with van der Waals surface area (Å²) in [5.74, 6) is 0.233. The van der Waals surface area contributed by atoms with Crippen molar-refractivity contribution in [2.75, 3.05) is 30.9 Å². The van der Waals surface area contributed by atoms with Crippen molar-refractivity contribution in [1.29, 1.82) is 0 Å². The van der Waals surface area contributed by atoms with Gasteiger partial charge in [0, 0.05) is 19.3 Å². The van der Waals surface area contributed by atoms with E-state index in [1.165, 1.54) is 0 Å². The second kappa shape index (κ2) is 8.82. The maximum Gasteiger partial charge on any atom is 0.276 e. The van der Waals surface area contributed by atoms with Crippen molar-refractivity contribution in [3.05, 3.63) is 48.2 Å². The number of aliphatic hydroxyl groups excluding tert-OH is 1. The van der Waals surface area contributed by atoms with Gasteiger partial charge >= 0.3 is 0 Å². The molecule has 0 bridgehead atoms. The van der Waals surface area contributed by atoms with Crippen LogP contribution in [0.1, 0.15) is 16.9 Å². The molecule has 0 aliphatic carbocycles. The molecule has 1 aromatic carbocycles. The fourth-order valence-corrected chi connectivity index (χ4v) is 1.91. The van der Waals surface area contributed by atoms with Crippen LogP contribution in [0.5, 0.6) is 0 Å². The van der Waals surface area contributed by atoms with Crippen molar-refractivity contribution >= 4 is 17.4 Å². The van der Waals surface area contributed by atoms with E-state index in [1.807, 2.05) is 18.2 Å². The Balaban J connectivity index is 1.83. The fourth-order valence-electron chi connectivity index (χ4n) is 1.91. The summed E-state index contributed by atoms with van der Waals surface area (Å²) in [5.41, 5.74) is 0.937. The highest BCUT2D eigenvalue weighted by Gasteiger charge is 2.09. The first-order chi connectivity index (χ1) is 11.2. The molecule has 122 valence electrons. The summed E-state index contributed by atoms with van der Waals surface area (Å²) in [4.78, 5) is 12.0. The molecule has 3 N–H and O–H groups in total. The largest absolute Gasteiger partial charge is 0.391 e. The Hall–Kier alpha value is -2.51. The van der Waals surface area contributed by atoms with Crippen LogP contribution in [-0.4, -0.2) is 47.6 Å². The number of hydrogen-bond acceptors (Lipinski definition) is 6. The Labute approximate surface area is 134 Å². The molecule has 0 spiro atoms. The summed E-state index contributed by atoms with van der Waals surface area (Å²) in [6, 6.07) is 12.4. The van der Waals surface area contributed by atoms with Crippen LogP contribution in [0.3, 0.4) is 0 Å². The minimum absolute atomic E-state index is 0.235. The number of benzene rings is 1. The molecule has 2 rings (SSSR count). The van der Waals surface area contributed by atoms with Crippen molar-refractivity contribution in [2.45, 2.75) is 12.5 Å². The molecule has 0 aliphatic rings. The smallest absolute Gasteiger partial charge is 0.276 e. The van der Waals surface area contributed by atoms with E-state index in [1.54, 1.807) is 31.4 Å². The molecule has 23 heavy (non-hydrogen) atoms. The Bertz CT molecular complexity index is 604. The predicted octanol–water partition coefficient (Wildman–Crippen LogP) is 1.54. The number of aromatic nitrogens is 2. The number of nitrogens with one attached hydrogen (secondary N) is 2. The maximum absolute atomic E-state index is 12.0. The quantitative estimate of drug-likeness (QED) is 0.683. The van der Waals surface area contributed by atoms with E-state index in [4.69, 9.17) is 4.74 Å². The zero-order valence-corrected chi connectivity index (χ0v) is 12.9. The normalized spacial score (nSPS) is 11.7. The number of methoxy groups -OCH3 is 1. The second-order valence-corrected chi connectivity index (χ2v) is 4.95. The van der Waals surface area contributed by atoms with Crippen LogP contribution in [0.4, 0.5) is 11.5 Å². The van der Waals surface area contributed by atoms with Crippen molar-refractivity contribution in [3.63, 3.8) is 0 Å². The Morgan fingerprint density at radius 1 is 1.22 bits per heavy atom. The van der Waals surface area contributed by atoms with E-state index < -0.39 is 6.10 Å². The molecule has 1 atom stereocenters. The van der Waals surface area contributed by atoms with E-state index in [-0.39, 0.29) is 11.6 Å². The van der Waals surface area contributed by atoms with Gasteiger partial charge in [-0.25, -0.2) is 0 Å². The van der Waals surface area contributed by atoms with Gasteiger partial charge in [-0.15, -0.1) is 10.2 Å². The van der Waals surface area contributed by atoms with Crippen LogP contribution >= 0.6 is 0 Å². The van der Waals surface area contributed by atoms with Gasteiger partial charge in [0.15, 0.2) is 5.69 Å². The molecule has 1 amide bonds. The molecule has 0 radical (unpaired) electrons. The average Bonchev–Trinajstić information content (AvgIpc) is 2.56. The predicted molar refractivity (Wildman–Crippen MR) is 87.4 cm³/mol. The number of carbonyl (C=O) groups excluding carboxylic acids is 1. The first-order valence-corrected chi connectivity index (χ1v) is 7.30. The number of nitrogens with zero attached hydrogens (tertiary/aromatic N) is 2. The minimum Gasteiger partial charge on any atom is -0.391 e. The highest BCUT2D eigenvalue weighted by molar-refractivity contribution is 6.02. The number of para-hydroxylation sites is 1. The first kappa shape index (κ1) is 16.9. The third-order valence-electron chi connectivity index (χ3n) is 3.07. The summed E-state index contributed by atoms with van der Waals surface area (Å²) >= 11 is 0. The topological polar surface area (TPSA) is 96.4 Å². The monoisotopic (exact) mass is 316 g/mol. The van der Waals surface area contributed by atoms with E-state index in [0.717, 1.165) is 0 Å². The van der Waals surface area contributed by atoms with Gasteiger partial charge in [-0.2, -0.15) is 0 Å². The lowest BCUT2D eigenvalue weighted by Gasteiger charge is -2.10. The highest BCUT2D eigenvalue weighted by atomic mass is 16.5. The van der Waals surface area contributed by atoms with Gasteiger partial charge in [0.1, 0.15) is 5.82 Å². The third kappa shape index (κ3) is 5.65. The Morgan fingerprint density at radius 2 is 2.00 bits per heavy atom. The fraction of sp³-hybridized carbons (Fsp3) is 0.312. The molecular weight excluding hydrogens is 296 g/mol. The van der Waals surface area contributed by atoms with E-state index in [9.17, 15) is 9.90 Å². The molecule has 0 saturated carbocycles. The van der Waals surface area contributed by atoms with Gasteiger partial charge in [-0.05, 0) is 30.7 Å². The minimum atomic E-state index is -0.517. The van der Waals surface area contributed by atoms with Crippen molar-refractivity contribution in [1.82, 2.24) is 10.2 Å². The lowest BCUT2D eigenvalue weighted by Crippen LogP contribution is -2.19. The lowest BCUT2D eigenvalue weighted by atomic mass is 10.2. The zero-order chi connectivity index (χ0) is 16.5. The molecule has 0 saturated heterocycles. The zero-order valence-electron chi connectivity index (χ0n) is 12.9. The number of amides is 1. The van der Waals surface area contributed by atoms with E-state index in [2.05, 4.69) is 20.8 Å². The molecular formula is C16H20N4O3. The summed E-state index contributed by atoms with van der Waals surface area (Å²) in [7, 11) is 1.54. The Morgan fingerprint density at radius 3 is 2.65 bits per heavy atom. The van der Waals surface area contributed by atoms with Gasteiger partial charge in [-0.3, -0.25) is 4.79 Å². The summed E-state index contributed by atoms with van der Waals surface area (Å²) in [5, 5.41) is 23.1. The Kier molecular flexibility index (Phi) is 6.46. The van der Waals surface area contributed by atoms with Crippen LogP contribution in [0.25, 0.3) is 0 Å². The van der Waals surface area contributed by atoms with Gasteiger partial charge < -0.3 is 20.5 Å². The number of carbonyl (C=O) groups is 1. The van der Waals surface area contributed by atoms with E-state index in [0.29, 0.717) is 31.1 Å². The second-order valence-electron chi connectivity index (χ2n) is 4.95. The summed E-state index contributed by atoms with van der Waals surface area (Å²) in [6.45, 7) is 0.834. The van der Waals surface area contributed by atoms with Crippen molar-refractivity contribution < 1.29 is 14.6 Å². The summed E-state index contributed by atoms with van der Waals surface area (Å²) in [6.07, 6.45) is 0.0163. The molecule has 0 aliphatic heterocycles. The molecule has 1 unspecified atom stereocenters. The summed E-state index contributed by atoms with van der Waals surface area (Å²) < 4.78 is 4.85. The number of hydrogen-bond donors (Lipinski definition) is 3. The molecule has 1 aromatic heterocycles. The average molecular weight is 316 g/mol. The molecule has 7 heteroatoms. The number of ether oxygens (including phenoxy) is 1. The van der Waals surface area contributed by atoms with Crippen LogP contribution in [0, 0.1) is 0 Å². The van der Waals surface area contributed by atoms with Gasteiger partial charge in [0.05, 0.1) is 12.7 Å². The third-order valence-corrected chi connectivity index (χ3v) is 3.07. The van der Waals surface area contributed by atoms with Crippen LogP contribution in [0.2, 0.25) is 0 Å². The molecule has 0 fully saturated rings. The van der Waals surface area contributed by atoms with Gasteiger partial charge in [-0.1, -0.05) is 18.2 Å². The van der Waals surface area contributed by atoms with Crippen molar-refractivity contribution in [3.8, 4) is 0 Å². The molecule has 1 heterocycles. The van der Waals surface area contributed by atoms with Gasteiger partial charge in [0.2, 0.25) is 0 Å². The standard InChI is InChI=1S/C16H20N4O3/c1-23-11-13(21)9-10-17-15-8-7-14(19-20-15)16(22)18-12-5-3-2-4-6-12/h2-8,13,21H,9-11H2,1H3,(H,17,20)(H,18,22). The van der Waals surface area contributed by atoms with Crippen LogP contribution in [-0.2, 0) is 4.74 Å². The number of anilines is 2. The SMILES string of the molecule is COCC(O)CCNc1ccc(C(=O)Nc2ccccc2)nn1. The highest BCUT2D eigenvalue weighted by Crippen LogP contribution is 2.08. The lowest BCUT2D eigenvalue weighted by molar-refractivity contribution is 0.0615. The number of rotatable bonds is 8.